The van der Waals surface area contributed by atoms with Gasteiger partial charge in [0.1, 0.15) is 0 Å². The molecule has 0 aromatic heterocycles. The molecular weight excluding hydrogens is 270 g/mol. The molecule has 1 saturated heterocycles. The lowest BCUT2D eigenvalue weighted by Gasteiger charge is -2.35. The normalized spacial score (nSPS) is 19.5. The van der Waals surface area contributed by atoms with Crippen molar-refractivity contribution >= 4 is 12.0 Å². The summed E-state index contributed by atoms with van der Waals surface area (Å²) in [6.45, 7) is 9.56. The Hall–Kier alpha value is -1.30. The minimum atomic E-state index is -0.815. The summed E-state index contributed by atoms with van der Waals surface area (Å²) >= 11 is 0. The summed E-state index contributed by atoms with van der Waals surface area (Å²) in [5.41, 5.74) is 0. The number of carbonyl (C=O) groups is 2. The van der Waals surface area contributed by atoms with Gasteiger partial charge in [-0.2, -0.15) is 0 Å². The minimum Gasteiger partial charge on any atom is -0.481 e. The van der Waals surface area contributed by atoms with Crippen molar-refractivity contribution < 1.29 is 14.7 Å². The van der Waals surface area contributed by atoms with Gasteiger partial charge in [0, 0.05) is 31.6 Å². The van der Waals surface area contributed by atoms with Gasteiger partial charge >= 0.3 is 12.0 Å². The Labute approximate surface area is 127 Å². The van der Waals surface area contributed by atoms with Crippen LogP contribution in [0, 0.1) is 0 Å². The highest BCUT2D eigenvalue weighted by Gasteiger charge is 2.24. The summed E-state index contributed by atoms with van der Waals surface area (Å²) < 4.78 is 0. The monoisotopic (exact) mass is 299 g/mol. The first-order valence-corrected chi connectivity index (χ1v) is 7.95. The number of rotatable bonds is 7. The highest BCUT2D eigenvalue weighted by Crippen LogP contribution is 2.11. The molecule has 0 bridgehead atoms. The average Bonchev–Trinajstić information content (AvgIpc) is 2.42. The molecule has 0 saturated carbocycles. The van der Waals surface area contributed by atoms with Crippen LogP contribution in [0.4, 0.5) is 4.79 Å². The Bertz CT molecular complexity index is 347. The standard InChI is InChI=1S/C15H29N3O3/c1-4-17-9-5-7-13(11-17)16-15(21)18(12(2)3)10-6-8-14(19)20/h12-13H,4-11H2,1-3H3,(H,16,21)(H,19,20). The molecule has 21 heavy (non-hydrogen) atoms. The number of hydrogen-bond acceptors (Lipinski definition) is 3. The largest absolute Gasteiger partial charge is 0.481 e. The summed E-state index contributed by atoms with van der Waals surface area (Å²) in [4.78, 5) is 27.0. The van der Waals surface area contributed by atoms with Gasteiger partial charge < -0.3 is 20.2 Å². The van der Waals surface area contributed by atoms with E-state index in [-0.39, 0.29) is 24.5 Å². The average molecular weight is 299 g/mol. The van der Waals surface area contributed by atoms with E-state index in [1.165, 1.54) is 0 Å². The molecule has 122 valence electrons. The van der Waals surface area contributed by atoms with Crippen LogP contribution in [-0.4, -0.2) is 65.2 Å². The van der Waals surface area contributed by atoms with Crippen molar-refractivity contribution in [3.05, 3.63) is 0 Å². The Morgan fingerprint density at radius 2 is 2.14 bits per heavy atom. The van der Waals surface area contributed by atoms with Crippen molar-refractivity contribution in [2.75, 3.05) is 26.2 Å². The van der Waals surface area contributed by atoms with Crippen molar-refractivity contribution in [1.29, 1.82) is 0 Å². The predicted molar refractivity (Wildman–Crippen MR) is 82.4 cm³/mol. The van der Waals surface area contributed by atoms with Crippen LogP contribution in [0.5, 0.6) is 0 Å². The van der Waals surface area contributed by atoms with Crippen LogP contribution < -0.4 is 5.32 Å². The van der Waals surface area contributed by atoms with Gasteiger partial charge in [0.15, 0.2) is 0 Å². The Kier molecular flexibility index (Phi) is 7.50. The smallest absolute Gasteiger partial charge is 0.317 e. The van der Waals surface area contributed by atoms with E-state index in [0.29, 0.717) is 13.0 Å². The van der Waals surface area contributed by atoms with Crippen LogP contribution >= 0.6 is 0 Å². The first-order valence-electron chi connectivity index (χ1n) is 7.95. The molecule has 6 nitrogen and oxygen atoms in total. The number of carboxylic acid groups (broad SMARTS) is 1. The maximum atomic E-state index is 12.4. The van der Waals surface area contributed by atoms with Gasteiger partial charge in [-0.05, 0) is 46.2 Å². The van der Waals surface area contributed by atoms with Gasteiger partial charge in [-0.3, -0.25) is 4.79 Å². The molecule has 2 amide bonds. The van der Waals surface area contributed by atoms with Crippen LogP contribution in [0.1, 0.15) is 46.5 Å². The third-order valence-electron chi connectivity index (χ3n) is 3.95. The molecule has 0 aliphatic carbocycles. The molecule has 0 radical (unpaired) electrons. The molecule has 1 unspecified atom stereocenters. The van der Waals surface area contributed by atoms with E-state index in [0.717, 1.165) is 32.5 Å². The zero-order valence-corrected chi connectivity index (χ0v) is 13.5. The number of amides is 2. The molecule has 0 aromatic rings. The lowest BCUT2D eigenvalue weighted by atomic mass is 10.1. The van der Waals surface area contributed by atoms with Gasteiger partial charge in [0.25, 0.3) is 0 Å². The first-order chi connectivity index (χ1) is 9.93. The second-order valence-electron chi connectivity index (χ2n) is 5.97. The van der Waals surface area contributed by atoms with Gasteiger partial charge in [-0.15, -0.1) is 0 Å². The summed E-state index contributed by atoms with van der Waals surface area (Å²) in [7, 11) is 0. The molecule has 1 aliphatic heterocycles. The Balaban J connectivity index is 2.46. The summed E-state index contributed by atoms with van der Waals surface area (Å²) in [5.74, 6) is -0.815. The van der Waals surface area contributed by atoms with Crippen LogP contribution in [-0.2, 0) is 4.79 Å². The topological polar surface area (TPSA) is 72.9 Å². The number of piperidine rings is 1. The fourth-order valence-corrected chi connectivity index (χ4v) is 2.71. The highest BCUT2D eigenvalue weighted by molar-refractivity contribution is 5.75. The van der Waals surface area contributed by atoms with Crippen molar-refractivity contribution in [1.82, 2.24) is 15.1 Å². The number of carbonyl (C=O) groups excluding carboxylic acids is 1. The number of hydrogen-bond donors (Lipinski definition) is 2. The zero-order chi connectivity index (χ0) is 15.8. The van der Waals surface area contributed by atoms with Crippen LogP contribution in [0.15, 0.2) is 0 Å². The number of aliphatic carboxylic acids is 1. The molecule has 1 rings (SSSR count). The molecule has 1 atom stereocenters. The first kappa shape index (κ1) is 17.8. The van der Waals surface area contributed by atoms with Gasteiger partial charge in [0.2, 0.25) is 0 Å². The van der Waals surface area contributed by atoms with E-state index in [1.807, 2.05) is 13.8 Å². The zero-order valence-electron chi connectivity index (χ0n) is 13.5. The van der Waals surface area contributed by atoms with E-state index in [4.69, 9.17) is 5.11 Å². The number of likely N-dealkylation sites (N-methyl/N-ethyl adjacent to an activating group) is 1. The minimum absolute atomic E-state index is 0.0710. The fourth-order valence-electron chi connectivity index (χ4n) is 2.71. The molecule has 6 heteroatoms. The number of nitrogens with zero attached hydrogens (tertiary/aromatic N) is 2. The quantitative estimate of drug-likeness (QED) is 0.751. The van der Waals surface area contributed by atoms with Gasteiger partial charge in [-0.1, -0.05) is 6.92 Å². The second kappa shape index (κ2) is 8.87. The summed E-state index contributed by atoms with van der Waals surface area (Å²) in [6, 6.07) is 0.204. The third kappa shape index (κ3) is 6.33. The fraction of sp³-hybridized carbons (Fsp3) is 0.867. The van der Waals surface area contributed by atoms with E-state index in [9.17, 15) is 9.59 Å². The summed E-state index contributed by atoms with van der Waals surface area (Å²) in [6.07, 6.45) is 2.72. The SMILES string of the molecule is CCN1CCCC(NC(=O)N(CCCC(=O)O)C(C)C)C1. The van der Waals surface area contributed by atoms with Crippen LogP contribution in [0.3, 0.4) is 0 Å². The Morgan fingerprint density at radius 3 is 2.71 bits per heavy atom. The third-order valence-corrected chi connectivity index (χ3v) is 3.95. The maximum Gasteiger partial charge on any atom is 0.317 e. The molecule has 0 aromatic carbocycles. The van der Waals surface area contributed by atoms with Gasteiger partial charge in [-0.25, -0.2) is 4.79 Å². The van der Waals surface area contributed by atoms with Crippen molar-refractivity contribution in [2.45, 2.75) is 58.5 Å². The summed E-state index contributed by atoms with van der Waals surface area (Å²) in [5, 5.41) is 11.8. The maximum absolute atomic E-state index is 12.4. The van der Waals surface area contributed by atoms with Crippen molar-refractivity contribution in [2.24, 2.45) is 0 Å². The second-order valence-corrected chi connectivity index (χ2v) is 5.97. The highest BCUT2D eigenvalue weighted by atomic mass is 16.4. The Morgan fingerprint density at radius 1 is 1.43 bits per heavy atom. The van der Waals surface area contributed by atoms with Crippen LogP contribution in [0.25, 0.3) is 0 Å². The van der Waals surface area contributed by atoms with E-state index in [1.54, 1.807) is 4.90 Å². The lowest BCUT2D eigenvalue weighted by Crippen LogP contribution is -2.53. The number of carboxylic acids is 1. The lowest BCUT2D eigenvalue weighted by molar-refractivity contribution is -0.137. The molecular formula is C15H29N3O3. The molecule has 1 heterocycles. The molecule has 2 N–H and O–H groups in total. The molecule has 1 aliphatic rings. The molecule has 0 spiro atoms. The van der Waals surface area contributed by atoms with E-state index >= 15 is 0 Å². The van der Waals surface area contributed by atoms with Crippen molar-refractivity contribution in [3.8, 4) is 0 Å². The van der Waals surface area contributed by atoms with Gasteiger partial charge in [0.05, 0.1) is 0 Å². The van der Waals surface area contributed by atoms with E-state index < -0.39 is 5.97 Å². The number of nitrogens with one attached hydrogen (secondary N) is 1. The predicted octanol–water partition coefficient (Wildman–Crippen LogP) is 1.76. The number of urea groups is 1. The molecule has 1 fully saturated rings. The van der Waals surface area contributed by atoms with Crippen LogP contribution in [0.2, 0.25) is 0 Å². The number of likely N-dealkylation sites (tertiary alicyclic amines) is 1. The van der Waals surface area contributed by atoms with E-state index in [2.05, 4.69) is 17.1 Å². The van der Waals surface area contributed by atoms with Crippen molar-refractivity contribution in [3.63, 3.8) is 0 Å².